The zero-order valence-electron chi connectivity index (χ0n) is 10.0. The van der Waals surface area contributed by atoms with Gasteiger partial charge in [0.05, 0.1) is 4.91 Å². The standard InChI is InChI=1S/C13H8FN3OS2/c14-9-4-2-1-3-8(9)7-10-11(18)17(12(15)20-10)13-16-5-6-19-13/h1-7,15H/b10-7-,15-12?. The van der Waals surface area contributed by atoms with Gasteiger partial charge in [0.1, 0.15) is 5.82 Å². The minimum Gasteiger partial charge on any atom is -0.278 e. The SMILES string of the molecule is N=C1S/C(=C\c2ccccc2F)C(=O)N1c1nccs1. The van der Waals surface area contributed by atoms with Crippen LogP contribution in [-0.2, 0) is 4.79 Å². The van der Waals surface area contributed by atoms with E-state index < -0.39 is 5.82 Å². The molecule has 0 spiro atoms. The number of hydrogen-bond donors (Lipinski definition) is 1. The Labute approximate surface area is 122 Å². The number of hydrogen-bond acceptors (Lipinski definition) is 5. The fourth-order valence-electron chi connectivity index (χ4n) is 1.72. The molecule has 1 fully saturated rings. The maximum absolute atomic E-state index is 13.6. The van der Waals surface area contributed by atoms with E-state index >= 15 is 0 Å². The van der Waals surface area contributed by atoms with Crippen molar-refractivity contribution in [3.05, 3.63) is 52.1 Å². The van der Waals surface area contributed by atoms with Crippen molar-refractivity contribution in [2.75, 3.05) is 4.90 Å². The highest BCUT2D eigenvalue weighted by molar-refractivity contribution is 8.19. The Hall–Kier alpha value is -1.99. The van der Waals surface area contributed by atoms with Crippen molar-refractivity contribution in [3.63, 3.8) is 0 Å². The molecule has 1 aliphatic rings. The number of benzene rings is 1. The summed E-state index contributed by atoms with van der Waals surface area (Å²) in [6.45, 7) is 0. The first-order valence-corrected chi connectivity index (χ1v) is 7.33. The highest BCUT2D eigenvalue weighted by Gasteiger charge is 2.35. The maximum Gasteiger partial charge on any atom is 0.273 e. The van der Waals surface area contributed by atoms with Crippen LogP contribution < -0.4 is 4.90 Å². The first-order valence-electron chi connectivity index (χ1n) is 5.63. The van der Waals surface area contributed by atoms with E-state index in [1.807, 2.05) is 0 Å². The zero-order valence-corrected chi connectivity index (χ0v) is 11.7. The Bertz CT molecular complexity index is 712. The number of amides is 1. The van der Waals surface area contributed by atoms with Crippen LogP contribution in [0.5, 0.6) is 0 Å². The second kappa shape index (κ2) is 5.18. The largest absolute Gasteiger partial charge is 0.278 e. The highest BCUT2D eigenvalue weighted by Crippen LogP contribution is 2.36. The lowest BCUT2D eigenvalue weighted by atomic mass is 10.2. The maximum atomic E-state index is 13.6. The van der Waals surface area contributed by atoms with Crippen molar-refractivity contribution in [1.82, 2.24) is 4.98 Å². The van der Waals surface area contributed by atoms with Crippen molar-refractivity contribution in [2.45, 2.75) is 0 Å². The molecule has 4 nitrogen and oxygen atoms in total. The number of amidine groups is 1. The molecule has 2 heterocycles. The zero-order chi connectivity index (χ0) is 14.1. The van der Waals surface area contributed by atoms with Gasteiger partial charge in [-0.3, -0.25) is 10.2 Å². The van der Waals surface area contributed by atoms with Crippen LogP contribution in [0.2, 0.25) is 0 Å². The number of rotatable bonds is 2. The van der Waals surface area contributed by atoms with E-state index in [1.165, 1.54) is 28.4 Å². The number of thiazole rings is 1. The number of thioether (sulfide) groups is 1. The van der Waals surface area contributed by atoms with Crippen molar-refractivity contribution in [1.29, 1.82) is 5.41 Å². The normalized spacial score (nSPS) is 17.2. The molecule has 20 heavy (non-hydrogen) atoms. The van der Waals surface area contributed by atoms with Crippen LogP contribution in [0, 0.1) is 11.2 Å². The monoisotopic (exact) mass is 305 g/mol. The molecule has 1 saturated heterocycles. The van der Waals surface area contributed by atoms with Crippen LogP contribution in [0.3, 0.4) is 0 Å². The summed E-state index contributed by atoms with van der Waals surface area (Å²) < 4.78 is 13.6. The van der Waals surface area contributed by atoms with Crippen LogP contribution in [0.4, 0.5) is 9.52 Å². The number of carbonyl (C=O) groups is 1. The van der Waals surface area contributed by atoms with Crippen LogP contribution >= 0.6 is 23.1 Å². The van der Waals surface area contributed by atoms with E-state index in [9.17, 15) is 9.18 Å². The quantitative estimate of drug-likeness (QED) is 0.866. The first-order chi connectivity index (χ1) is 9.66. The van der Waals surface area contributed by atoms with E-state index in [0.717, 1.165) is 11.8 Å². The van der Waals surface area contributed by atoms with Gasteiger partial charge in [-0.1, -0.05) is 18.2 Å². The number of carbonyl (C=O) groups excluding carboxylic acids is 1. The van der Waals surface area contributed by atoms with Crippen molar-refractivity contribution in [3.8, 4) is 0 Å². The molecule has 0 aliphatic carbocycles. The van der Waals surface area contributed by atoms with Crippen molar-refractivity contribution in [2.24, 2.45) is 0 Å². The van der Waals surface area contributed by atoms with Gasteiger partial charge in [-0.25, -0.2) is 14.3 Å². The van der Waals surface area contributed by atoms with Gasteiger partial charge < -0.3 is 0 Å². The average molecular weight is 305 g/mol. The molecular weight excluding hydrogens is 297 g/mol. The van der Waals surface area contributed by atoms with Crippen LogP contribution in [-0.4, -0.2) is 16.1 Å². The lowest BCUT2D eigenvalue weighted by Crippen LogP contribution is -2.27. The number of aromatic nitrogens is 1. The fourth-order valence-corrected chi connectivity index (χ4v) is 3.26. The van der Waals surface area contributed by atoms with E-state index in [2.05, 4.69) is 4.98 Å². The second-order valence-electron chi connectivity index (χ2n) is 3.89. The third-order valence-corrected chi connectivity index (χ3v) is 4.27. The second-order valence-corrected chi connectivity index (χ2v) is 5.80. The number of anilines is 1. The molecule has 0 radical (unpaired) electrons. The smallest absolute Gasteiger partial charge is 0.273 e. The Balaban J connectivity index is 1.96. The van der Waals surface area contributed by atoms with Crippen LogP contribution in [0.15, 0.2) is 40.7 Å². The average Bonchev–Trinajstić information content (AvgIpc) is 3.02. The van der Waals surface area contributed by atoms with Crippen LogP contribution in [0.25, 0.3) is 6.08 Å². The minimum atomic E-state index is -0.396. The summed E-state index contributed by atoms with van der Waals surface area (Å²) in [6, 6.07) is 6.21. The van der Waals surface area contributed by atoms with Gasteiger partial charge in [-0.05, 0) is 23.9 Å². The molecule has 1 N–H and O–H groups in total. The molecule has 7 heteroatoms. The molecule has 1 aromatic heterocycles. The van der Waals surface area contributed by atoms with E-state index in [1.54, 1.807) is 29.8 Å². The molecule has 0 unspecified atom stereocenters. The Morgan fingerprint density at radius 3 is 2.85 bits per heavy atom. The van der Waals surface area contributed by atoms with Gasteiger partial charge in [0.2, 0.25) is 0 Å². The van der Waals surface area contributed by atoms with E-state index in [-0.39, 0.29) is 11.1 Å². The van der Waals surface area contributed by atoms with Gasteiger partial charge in [0.15, 0.2) is 10.3 Å². The first kappa shape index (κ1) is 13.0. The van der Waals surface area contributed by atoms with E-state index in [4.69, 9.17) is 5.41 Å². The molecule has 100 valence electrons. The molecule has 0 saturated carbocycles. The van der Waals surface area contributed by atoms with E-state index in [0.29, 0.717) is 15.6 Å². The number of nitrogens with one attached hydrogen (secondary N) is 1. The predicted molar refractivity (Wildman–Crippen MR) is 79.3 cm³/mol. The molecule has 0 atom stereocenters. The summed E-state index contributed by atoms with van der Waals surface area (Å²) in [5, 5.41) is 10.1. The summed E-state index contributed by atoms with van der Waals surface area (Å²) >= 11 is 2.28. The predicted octanol–water partition coefficient (Wildman–Crippen LogP) is 3.34. The minimum absolute atomic E-state index is 0.0764. The summed E-state index contributed by atoms with van der Waals surface area (Å²) in [4.78, 5) is 17.8. The number of nitrogens with zero attached hydrogens (tertiary/aromatic N) is 2. The molecule has 1 amide bonds. The Morgan fingerprint density at radius 1 is 1.35 bits per heavy atom. The van der Waals surface area contributed by atoms with Crippen LogP contribution in [0.1, 0.15) is 5.56 Å². The van der Waals surface area contributed by atoms with Crippen molar-refractivity contribution >= 4 is 45.4 Å². The summed E-state index contributed by atoms with van der Waals surface area (Å²) in [5.41, 5.74) is 0.331. The van der Waals surface area contributed by atoms with Gasteiger partial charge in [0, 0.05) is 17.1 Å². The Kier molecular flexibility index (Phi) is 3.37. The molecule has 1 aliphatic heterocycles. The molecular formula is C13H8FN3OS2. The van der Waals surface area contributed by atoms with Crippen molar-refractivity contribution < 1.29 is 9.18 Å². The lowest BCUT2D eigenvalue weighted by Gasteiger charge is -2.08. The van der Waals surface area contributed by atoms with Gasteiger partial charge >= 0.3 is 0 Å². The summed E-state index contributed by atoms with van der Waals surface area (Å²) in [5.74, 6) is -0.745. The Morgan fingerprint density at radius 2 is 2.15 bits per heavy atom. The topological polar surface area (TPSA) is 57.1 Å². The lowest BCUT2D eigenvalue weighted by molar-refractivity contribution is -0.113. The number of halogens is 1. The third-order valence-electron chi connectivity index (χ3n) is 2.63. The third kappa shape index (κ3) is 2.25. The molecule has 3 rings (SSSR count). The van der Waals surface area contributed by atoms with Gasteiger partial charge in [-0.2, -0.15) is 0 Å². The summed E-state index contributed by atoms with van der Waals surface area (Å²) in [7, 11) is 0. The van der Waals surface area contributed by atoms with Gasteiger partial charge in [-0.15, -0.1) is 11.3 Å². The molecule has 1 aromatic carbocycles. The van der Waals surface area contributed by atoms with Gasteiger partial charge in [0.25, 0.3) is 5.91 Å². The molecule has 2 aromatic rings. The summed E-state index contributed by atoms with van der Waals surface area (Å²) in [6.07, 6.45) is 3.04. The fraction of sp³-hybridized carbons (Fsp3) is 0. The highest BCUT2D eigenvalue weighted by atomic mass is 32.2. The molecule has 0 bridgehead atoms.